The third-order valence-electron chi connectivity index (χ3n) is 4.75. The molecule has 0 aliphatic carbocycles. The predicted octanol–water partition coefficient (Wildman–Crippen LogP) is 3.12. The molecule has 0 aliphatic heterocycles. The van der Waals surface area contributed by atoms with Gasteiger partial charge in [0.2, 0.25) is 0 Å². The summed E-state index contributed by atoms with van der Waals surface area (Å²) in [4.78, 5) is 21.2. The fourth-order valence-corrected chi connectivity index (χ4v) is 3.14. The molecule has 146 valence electrons. The molecule has 0 bridgehead atoms. The van der Waals surface area contributed by atoms with Crippen molar-refractivity contribution in [2.75, 3.05) is 7.11 Å². The number of carbonyl (C=O) groups is 1. The first kappa shape index (κ1) is 18.6. The number of nitrogens with zero attached hydrogens (tertiary/aromatic N) is 4. The molecule has 0 radical (unpaired) electrons. The first-order chi connectivity index (χ1) is 14.1. The lowest BCUT2D eigenvalue weighted by Crippen LogP contribution is -2.24. The Balaban J connectivity index is 1.43. The SMILES string of the molecule is COc1ccc2cc(C(=O)NCc3ccc(Cn4cncn4)cc3)c(C)nc2c1. The molecular formula is C22H21N5O2. The first-order valence-electron chi connectivity index (χ1n) is 9.26. The molecule has 0 spiro atoms. The molecule has 1 N–H and O–H groups in total. The van der Waals surface area contributed by atoms with Crippen LogP contribution < -0.4 is 10.1 Å². The van der Waals surface area contributed by atoms with Gasteiger partial charge in [0.05, 0.1) is 30.4 Å². The van der Waals surface area contributed by atoms with Gasteiger partial charge in [-0.25, -0.2) is 9.67 Å². The van der Waals surface area contributed by atoms with Crippen LogP contribution in [0.1, 0.15) is 27.2 Å². The van der Waals surface area contributed by atoms with Crippen molar-refractivity contribution >= 4 is 16.8 Å². The Morgan fingerprint density at radius 3 is 2.62 bits per heavy atom. The summed E-state index contributed by atoms with van der Waals surface area (Å²) in [6.07, 6.45) is 3.20. The smallest absolute Gasteiger partial charge is 0.253 e. The average molecular weight is 387 g/mol. The molecular weight excluding hydrogens is 366 g/mol. The number of hydrogen-bond acceptors (Lipinski definition) is 5. The van der Waals surface area contributed by atoms with Crippen LogP contribution in [0.4, 0.5) is 0 Å². The summed E-state index contributed by atoms with van der Waals surface area (Å²) < 4.78 is 7.00. The van der Waals surface area contributed by atoms with Gasteiger partial charge in [0.15, 0.2) is 0 Å². The van der Waals surface area contributed by atoms with E-state index in [0.717, 1.165) is 27.8 Å². The first-order valence-corrected chi connectivity index (χ1v) is 9.26. The number of rotatable bonds is 6. The van der Waals surface area contributed by atoms with Gasteiger partial charge >= 0.3 is 0 Å². The van der Waals surface area contributed by atoms with E-state index in [1.54, 1.807) is 18.1 Å². The van der Waals surface area contributed by atoms with E-state index in [1.807, 2.05) is 55.5 Å². The van der Waals surface area contributed by atoms with Gasteiger partial charge in [-0.15, -0.1) is 0 Å². The van der Waals surface area contributed by atoms with Gasteiger partial charge in [-0.3, -0.25) is 9.78 Å². The zero-order valence-corrected chi connectivity index (χ0v) is 16.3. The van der Waals surface area contributed by atoms with Gasteiger partial charge in [0, 0.05) is 18.0 Å². The Bertz CT molecular complexity index is 1140. The highest BCUT2D eigenvalue weighted by Gasteiger charge is 2.12. The van der Waals surface area contributed by atoms with E-state index in [2.05, 4.69) is 20.4 Å². The molecule has 29 heavy (non-hydrogen) atoms. The second-order valence-corrected chi connectivity index (χ2v) is 6.77. The molecule has 2 aromatic heterocycles. The fraction of sp³-hybridized carbons (Fsp3) is 0.182. The van der Waals surface area contributed by atoms with Crippen molar-refractivity contribution < 1.29 is 9.53 Å². The highest BCUT2D eigenvalue weighted by molar-refractivity contribution is 5.98. The third kappa shape index (κ3) is 4.24. The van der Waals surface area contributed by atoms with Crippen LogP contribution in [0, 0.1) is 6.92 Å². The number of benzene rings is 2. The topological polar surface area (TPSA) is 81.9 Å². The maximum atomic E-state index is 12.7. The van der Waals surface area contributed by atoms with E-state index >= 15 is 0 Å². The molecule has 0 aliphatic rings. The van der Waals surface area contributed by atoms with Gasteiger partial charge in [-0.05, 0) is 36.2 Å². The van der Waals surface area contributed by atoms with E-state index in [4.69, 9.17) is 4.74 Å². The molecule has 2 aromatic carbocycles. The van der Waals surface area contributed by atoms with E-state index in [1.165, 1.54) is 6.33 Å². The molecule has 4 aromatic rings. The largest absolute Gasteiger partial charge is 0.497 e. The van der Waals surface area contributed by atoms with E-state index < -0.39 is 0 Å². The average Bonchev–Trinajstić information content (AvgIpc) is 3.25. The summed E-state index contributed by atoms with van der Waals surface area (Å²) >= 11 is 0. The standard InChI is InChI=1S/C22H21N5O2/c1-15-20(9-18-7-8-19(29-2)10-21(18)26-15)22(28)24-11-16-3-5-17(6-4-16)12-27-14-23-13-25-27/h3-10,13-14H,11-12H2,1-2H3,(H,24,28). The molecule has 4 rings (SSSR count). The van der Waals surface area contributed by atoms with Crippen LogP contribution in [0.2, 0.25) is 0 Å². The summed E-state index contributed by atoms with van der Waals surface area (Å²) in [5.74, 6) is 0.605. The van der Waals surface area contributed by atoms with Crippen LogP contribution in [0.15, 0.2) is 61.2 Å². The summed E-state index contributed by atoms with van der Waals surface area (Å²) in [5.41, 5.74) is 4.21. The predicted molar refractivity (Wildman–Crippen MR) is 110 cm³/mol. The van der Waals surface area contributed by atoms with Crippen molar-refractivity contribution in [3.63, 3.8) is 0 Å². The van der Waals surface area contributed by atoms with Crippen molar-refractivity contribution in [1.82, 2.24) is 25.1 Å². The van der Waals surface area contributed by atoms with E-state index in [9.17, 15) is 4.79 Å². The molecule has 7 heteroatoms. The van der Waals surface area contributed by atoms with E-state index in [0.29, 0.717) is 24.3 Å². The molecule has 0 saturated carbocycles. The highest BCUT2D eigenvalue weighted by Crippen LogP contribution is 2.21. The number of aryl methyl sites for hydroxylation is 1. The number of ether oxygens (including phenoxy) is 1. The highest BCUT2D eigenvalue weighted by atomic mass is 16.5. The molecule has 1 amide bonds. The summed E-state index contributed by atoms with van der Waals surface area (Å²) in [6.45, 7) is 2.95. The lowest BCUT2D eigenvalue weighted by Gasteiger charge is -2.10. The number of hydrogen-bond donors (Lipinski definition) is 1. The molecule has 0 saturated heterocycles. The number of nitrogens with one attached hydrogen (secondary N) is 1. The molecule has 2 heterocycles. The van der Waals surface area contributed by atoms with E-state index in [-0.39, 0.29) is 5.91 Å². The van der Waals surface area contributed by atoms with Gasteiger partial charge in [-0.2, -0.15) is 5.10 Å². The Hall–Kier alpha value is -3.74. The second-order valence-electron chi connectivity index (χ2n) is 6.77. The maximum absolute atomic E-state index is 12.7. The van der Waals surface area contributed by atoms with Crippen LogP contribution >= 0.6 is 0 Å². The van der Waals surface area contributed by atoms with Crippen molar-refractivity contribution in [3.05, 3.63) is 83.6 Å². The Labute approximate surface area is 168 Å². The Morgan fingerprint density at radius 2 is 1.90 bits per heavy atom. The minimum absolute atomic E-state index is 0.139. The van der Waals surface area contributed by atoms with Crippen molar-refractivity contribution in [2.24, 2.45) is 0 Å². The summed E-state index contributed by atoms with van der Waals surface area (Å²) in [5, 5.41) is 7.98. The second kappa shape index (κ2) is 8.10. The molecule has 7 nitrogen and oxygen atoms in total. The normalized spacial score (nSPS) is 10.8. The molecule has 0 atom stereocenters. The number of fused-ring (bicyclic) bond motifs is 1. The van der Waals surface area contributed by atoms with Crippen molar-refractivity contribution in [1.29, 1.82) is 0 Å². The van der Waals surface area contributed by atoms with Crippen molar-refractivity contribution in [3.8, 4) is 5.75 Å². The number of aromatic nitrogens is 4. The number of amides is 1. The lowest BCUT2D eigenvalue weighted by molar-refractivity contribution is 0.0950. The molecule has 0 unspecified atom stereocenters. The van der Waals surface area contributed by atoms with Crippen LogP contribution in [0.3, 0.4) is 0 Å². The quantitative estimate of drug-likeness (QED) is 0.550. The fourth-order valence-electron chi connectivity index (χ4n) is 3.14. The van der Waals surface area contributed by atoms with Gasteiger partial charge in [0.25, 0.3) is 5.91 Å². The minimum atomic E-state index is -0.139. The number of carbonyl (C=O) groups excluding carboxylic acids is 1. The Kier molecular flexibility index (Phi) is 5.20. The Morgan fingerprint density at radius 1 is 1.10 bits per heavy atom. The van der Waals surface area contributed by atoms with Crippen LogP contribution in [0.25, 0.3) is 10.9 Å². The summed E-state index contributed by atoms with van der Waals surface area (Å²) in [6, 6.07) is 15.6. The van der Waals surface area contributed by atoms with Crippen molar-refractivity contribution in [2.45, 2.75) is 20.0 Å². The van der Waals surface area contributed by atoms with Gasteiger partial charge < -0.3 is 10.1 Å². The van der Waals surface area contributed by atoms with Gasteiger partial charge in [-0.1, -0.05) is 24.3 Å². The van der Waals surface area contributed by atoms with Gasteiger partial charge in [0.1, 0.15) is 18.4 Å². The summed E-state index contributed by atoms with van der Waals surface area (Å²) in [7, 11) is 1.62. The minimum Gasteiger partial charge on any atom is -0.497 e. The number of pyridine rings is 1. The zero-order valence-electron chi connectivity index (χ0n) is 16.3. The van der Waals surface area contributed by atoms with Crippen LogP contribution in [0.5, 0.6) is 5.75 Å². The third-order valence-corrected chi connectivity index (χ3v) is 4.75. The zero-order chi connectivity index (χ0) is 20.2. The monoisotopic (exact) mass is 387 g/mol. The number of methoxy groups -OCH3 is 1. The van der Waals surface area contributed by atoms with Crippen LogP contribution in [-0.4, -0.2) is 32.8 Å². The lowest BCUT2D eigenvalue weighted by atomic mass is 10.1. The van der Waals surface area contributed by atoms with Crippen LogP contribution in [-0.2, 0) is 13.1 Å². The molecule has 0 fully saturated rings. The maximum Gasteiger partial charge on any atom is 0.253 e.